The van der Waals surface area contributed by atoms with E-state index < -0.39 is 17.9 Å². The molecule has 0 saturated heterocycles. The number of hydrogen-bond donors (Lipinski definition) is 3. The van der Waals surface area contributed by atoms with Crippen molar-refractivity contribution in [3.05, 3.63) is 24.0 Å². The second-order valence-corrected chi connectivity index (χ2v) is 3.66. The SMILES string of the molecule is CCCC(NC(=O)c1cncc(N)c1)C(=O)O. The van der Waals surface area contributed by atoms with Gasteiger partial charge >= 0.3 is 5.97 Å². The second-order valence-electron chi connectivity index (χ2n) is 3.66. The summed E-state index contributed by atoms with van der Waals surface area (Å²) >= 11 is 0. The Morgan fingerprint density at radius 1 is 1.53 bits per heavy atom. The Morgan fingerprint density at radius 2 is 2.24 bits per heavy atom. The highest BCUT2D eigenvalue weighted by atomic mass is 16.4. The number of amides is 1. The Kier molecular flexibility index (Phi) is 4.45. The van der Waals surface area contributed by atoms with Crippen LogP contribution >= 0.6 is 0 Å². The molecule has 0 radical (unpaired) electrons. The van der Waals surface area contributed by atoms with Gasteiger partial charge in [-0.1, -0.05) is 13.3 Å². The minimum atomic E-state index is -1.04. The summed E-state index contributed by atoms with van der Waals surface area (Å²) in [5, 5.41) is 11.3. The van der Waals surface area contributed by atoms with Gasteiger partial charge in [-0.2, -0.15) is 0 Å². The van der Waals surface area contributed by atoms with Gasteiger partial charge in [-0.05, 0) is 12.5 Å². The average Bonchev–Trinajstić information content (AvgIpc) is 2.28. The third kappa shape index (κ3) is 3.75. The highest BCUT2D eigenvalue weighted by molar-refractivity contribution is 5.96. The Labute approximate surface area is 98.8 Å². The minimum Gasteiger partial charge on any atom is -0.480 e. The molecule has 0 aliphatic carbocycles. The number of carboxylic acids is 1. The first-order valence-electron chi connectivity index (χ1n) is 5.28. The van der Waals surface area contributed by atoms with Crippen LogP contribution in [0.1, 0.15) is 30.1 Å². The number of hydrogen-bond acceptors (Lipinski definition) is 4. The summed E-state index contributed by atoms with van der Waals surface area (Å²) in [6, 6.07) is 0.571. The Hall–Kier alpha value is -2.11. The molecule has 1 rings (SSSR count). The van der Waals surface area contributed by atoms with Crippen LogP contribution in [0.25, 0.3) is 0 Å². The molecule has 0 fully saturated rings. The molecule has 0 aliphatic rings. The summed E-state index contributed by atoms with van der Waals surface area (Å²) < 4.78 is 0. The van der Waals surface area contributed by atoms with E-state index in [4.69, 9.17) is 10.8 Å². The van der Waals surface area contributed by atoms with Gasteiger partial charge in [0.25, 0.3) is 5.91 Å². The number of anilines is 1. The summed E-state index contributed by atoms with van der Waals surface area (Å²) in [6.45, 7) is 1.85. The lowest BCUT2D eigenvalue weighted by Gasteiger charge is -2.13. The third-order valence-corrected chi connectivity index (χ3v) is 2.20. The molecule has 4 N–H and O–H groups in total. The number of nitrogen functional groups attached to an aromatic ring is 1. The number of carbonyl (C=O) groups is 2. The Morgan fingerprint density at radius 3 is 2.76 bits per heavy atom. The largest absolute Gasteiger partial charge is 0.480 e. The molecular formula is C11H15N3O3. The van der Waals surface area contributed by atoms with Crippen molar-refractivity contribution in [3.8, 4) is 0 Å². The van der Waals surface area contributed by atoms with Crippen LogP contribution in [0.2, 0.25) is 0 Å². The van der Waals surface area contributed by atoms with E-state index in [1.165, 1.54) is 18.5 Å². The topological polar surface area (TPSA) is 105 Å². The normalized spacial score (nSPS) is 11.8. The van der Waals surface area contributed by atoms with E-state index in [0.29, 0.717) is 18.5 Å². The van der Waals surface area contributed by atoms with Crippen molar-refractivity contribution < 1.29 is 14.7 Å². The third-order valence-electron chi connectivity index (χ3n) is 2.20. The van der Waals surface area contributed by atoms with E-state index in [-0.39, 0.29) is 5.56 Å². The maximum Gasteiger partial charge on any atom is 0.326 e. The van der Waals surface area contributed by atoms with E-state index in [2.05, 4.69) is 10.3 Å². The molecule has 6 nitrogen and oxygen atoms in total. The van der Waals surface area contributed by atoms with Crippen LogP contribution in [0.3, 0.4) is 0 Å². The molecule has 1 heterocycles. The number of nitrogens with one attached hydrogen (secondary N) is 1. The highest BCUT2D eigenvalue weighted by Gasteiger charge is 2.19. The van der Waals surface area contributed by atoms with Gasteiger partial charge in [-0.3, -0.25) is 9.78 Å². The Balaban J connectivity index is 2.73. The number of nitrogens with two attached hydrogens (primary N) is 1. The zero-order valence-corrected chi connectivity index (χ0v) is 9.51. The molecule has 92 valence electrons. The van der Waals surface area contributed by atoms with E-state index in [0.717, 1.165) is 0 Å². The first-order valence-corrected chi connectivity index (χ1v) is 5.28. The molecule has 0 aliphatic heterocycles. The van der Waals surface area contributed by atoms with E-state index >= 15 is 0 Å². The van der Waals surface area contributed by atoms with E-state index in [9.17, 15) is 9.59 Å². The number of carboxylic acid groups (broad SMARTS) is 1. The van der Waals surface area contributed by atoms with Gasteiger partial charge in [-0.15, -0.1) is 0 Å². The van der Waals surface area contributed by atoms with Crippen LogP contribution < -0.4 is 11.1 Å². The zero-order chi connectivity index (χ0) is 12.8. The van der Waals surface area contributed by atoms with Crippen LogP contribution in [-0.4, -0.2) is 28.0 Å². The Bertz CT molecular complexity index is 420. The van der Waals surface area contributed by atoms with Gasteiger partial charge < -0.3 is 16.2 Å². The zero-order valence-electron chi connectivity index (χ0n) is 9.51. The molecule has 0 bridgehead atoms. The van der Waals surface area contributed by atoms with Gasteiger partial charge in [0.2, 0.25) is 0 Å². The standard InChI is InChI=1S/C11H15N3O3/c1-2-3-9(11(16)17)14-10(15)7-4-8(12)6-13-5-7/h4-6,9H,2-3,12H2,1H3,(H,14,15)(H,16,17). The quantitative estimate of drug-likeness (QED) is 0.697. The van der Waals surface area contributed by atoms with Crippen LogP contribution in [0, 0.1) is 0 Å². The van der Waals surface area contributed by atoms with Gasteiger partial charge in [0.1, 0.15) is 6.04 Å². The smallest absolute Gasteiger partial charge is 0.326 e. The molecule has 0 aromatic carbocycles. The maximum atomic E-state index is 11.7. The lowest BCUT2D eigenvalue weighted by Crippen LogP contribution is -2.40. The summed E-state index contributed by atoms with van der Waals surface area (Å²) in [5.74, 6) is -1.53. The summed E-state index contributed by atoms with van der Waals surface area (Å²) in [7, 11) is 0. The maximum absolute atomic E-state index is 11.7. The molecule has 17 heavy (non-hydrogen) atoms. The van der Waals surface area contributed by atoms with Crippen molar-refractivity contribution in [2.75, 3.05) is 5.73 Å². The number of pyridine rings is 1. The lowest BCUT2D eigenvalue weighted by atomic mass is 10.1. The molecular weight excluding hydrogens is 222 g/mol. The predicted molar refractivity (Wildman–Crippen MR) is 62.4 cm³/mol. The van der Waals surface area contributed by atoms with Gasteiger partial charge in [-0.25, -0.2) is 4.79 Å². The molecule has 1 atom stereocenters. The fraction of sp³-hybridized carbons (Fsp3) is 0.364. The number of aliphatic carboxylic acids is 1. The van der Waals surface area contributed by atoms with Crippen LogP contribution in [0.4, 0.5) is 5.69 Å². The number of carbonyl (C=O) groups excluding carboxylic acids is 1. The summed E-state index contributed by atoms with van der Waals surface area (Å²) in [5.41, 5.74) is 6.10. The van der Waals surface area contributed by atoms with Crippen molar-refractivity contribution in [3.63, 3.8) is 0 Å². The highest BCUT2D eigenvalue weighted by Crippen LogP contribution is 2.05. The van der Waals surface area contributed by atoms with Gasteiger partial charge in [0.15, 0.2) is 0 Å². The van der Waals surface area contributed by atoms with Gasteiger partial charge in [0, 0.05) is 12.4 Å². The number of nitrogens with zero attached hydrogens (tertiary/aromatic N) is 1. The van der Waals surface area contributed by atoms with Crippen molar-refractivity contribution in [2.45, 2.75) is 25.8 Å². The predicted octanol–water partition coefficient (Wildman–Crippen LogP) is 0.647. The summed E-state index contributed by atoms with van der Waals surface area (Å²) in [4.78, 5) is 26.4. The molecule has 1 unspecified atom stereocenters. The number of rotatable bonds is 5. The van der Waals surface area contributed by atoms with Crippen LogP contribution in [-0.2, 0) is 4.79 Å². The van der Waals surface area contributed by atoms with Crippen molar-refractivity contribution in [1.29, 1.82) is 0 Å². The fourth-order valence-electron chi connectivity index (χ4n) is 1.37. The molecule has 1 aromatic rings. The van der Waals surface area contributed by atoms with Crippen LogP contribution in [0.5, 0.6) is 0 Å². The lowest BCUT2D eigenvalue weighted by molar-refractivity contribution is -0.139. The van der Waals surface area contributed by atoms with E-state index in [1.54, 1.807) is 0 Å². The monoisotopic (exact) mass is 237 g/mol. The molecule has 6 heteroatoms. The molecule has 0 saturated carbocycles. The fourth-order valence-corrected chi connectivity index (χ4v) is 1.37. The van der Waals surface area contributed by atoms with Crippen molar-refractivity contribution in [2.24, 2.45) is 0 Å². The van der Waals surface area contributed by atoms with Crippen LogP contribution in [0.15, 0.2) is 18.5 Å². The van der Waals surface area contributed by atoms with Crippen molar-refractivity contribution >= 4 is 17.6 Å². The molecule has 0 spiro atoms. The first-order chi connectivity index (χ1) is 8.04. The average molecular weight is 237 g/mol. The molecule has 1 aromatic heterocycles. The number of aromatic nitrogens is 1. The minimum absolute atomic E-state index is 0.257. The second kappa shape index (κ2) is 5.83. The first kappa shape index (κ1) is 13.0. The van der Waals surface area contributed by atoms with Crippen molar-refractivity contribution in [1.82, 2.24) is 10.3 Å². The summed E-state index contributed by atoms with van der Waals surface area (Å²) in [6.07, 6.45) is 3.82. The van der Waals surface area contributed by atoms with E-state index in [1.807, 2.05) is 6.92 Å². The van der Waals surface area contributed by atoms with Gasteiger partial charge in [0.05, 0.1) is 11.3 Å². The molecule has 1 amide bonds.